The van der Waals surface area contributed by atoms with Crippen molar-refractivity contribution in [3.8, 4) is 5.69 Å². The highest BCUT2D eigenvalue weighted by molar-refractivity contribution is 7.11. The van der Waals surface area contributed by atoms with Crippen LogP contribution in [-0.2, 0) is 13.1 Å². The van der Waals surface area contributed by atoms with E-state index in [2.05, 4.69) is 71.0 Å². The number of aliphatic imine (C=N–C) groups is 1. The van der Waals surface area contributed by atoms with E-state index in [1.54, 1.807) is 6.20 Å². The van der Waals surface area contributed by atoms with Crippen molar-refractivity contribution in [3.63, 3.8) is 0 Å². The summed E-state index contributed by atoms with van der Waals surface area (Å²) < 4.78 is 1.85. The van der Waals surface area contributed by atoms with Crippen molar-refractivity contribution in [1.82, 2.24) is 20.4 Å². The van der Waals surface area contributed by atoms with Gasteiger partial charge in [0.1, 0.15) is 0 Å². The quantitative estimate of drug-likeness (QED) is 0.527. The highest BCUT2D eigenvalue weighted by atomic mass is 32.1. The fourth-order valence-electron chi connectivity index (χ4n) is 2.44. The number of guanidine groups is 1. The largest absolute Gasteiger partial charge is 0.357 e. The van der Waals surface area contributed by atoms with Crippen LogP contribution in [0.5, 0.6) is 0 Å². The topological polar surface area (TPSA) is 54.2 Å². The predicted octanol–water partition coefficient (Wildman–Crippen LogP) is 3.50. The zero-order valence-corrected chi connectivity index (χ0v) is 15.4. The van der Waals surface area contributed by atoms with Crippen molar-refractivity contribution in [3.05, 3.63) is 70.2 Å². The molecule has 0 aliphatic rings. The zero-order valence-electron chi connectivity index (χ0n) is 14.6. The number of nitrogens with zero attached hydrogens (tertiary/aromatic N) is 3. The van der Waals surface area contributed by atoms with E-state index >= 15 is 0 Å². The fraction of sp³-hybridized carbons (Fsp3) is 0.263. The molecule has 2 N–H and O–H groups in total. The maximum absolute atomic E-state index is 4.67. The van der Waals surface area contributed by atoms with E-state index < -0.39 is 0 Å². The first-order valence-corrected chi connectivity index (χ1v) is 9.22. The normalized spacial score (nSPS) is 11.5. The van der Waals surface area contributed by atoms with Gasteiger partial charge in [0, 0.05) is 28.7 Å². The predicted molar refractivity (Wildman–Crippen MR) is 104 cm³/mol. The Morgan fingerprint density at radius 2 is 2.00 bits per heavy atom. The van der Waals surface area contributed by atoms with Crippen LogP contribution in [-0.4, -0.2) is 22.3 Å². The number of hydrogen-bond acceptors (Lipinski definition) is 3. The second-order valence-corrected chi connectivity index (χ2v) is 7.05. The van der Waals surface area contributed by atoms with Gasteiger partial charge in [0.25, 0.3) is 0 Å². The third-order valence-electron chi connectivity index (χ3n) is 3.70. The molecule has 0 unspecified atom stereocenters. The Bertz CT molecular complexity index is 803. The molecule has 0 radical (unpaired) electrons. The van der Waals surface area contributed by atoms with Gasteiger partial charge in [-0.2, -0.15) is 5.10 Å². The SMILES string of the molecule is CCNC(=NCc1ccc(-n2cccn2)cc1)NCc1ccc(C)s1. The molecule has 0 amide bonds. The maximum Gasteiger partial charge on any atom is 0.191 e. The Morgan fingerprint density at radius 1 is 1.16 bits per heavy atom. The maximum atomic E-state index is 4.67. The van der Waals surface area contributed by atoms with Gasteiger partial charge in [0.05, 0.1) is 18.8 Å². The number of thiophene rings is 1. The first kappa shape index (κ1) is 17.2. The smallest absolute Gasteiger partial charge is 0.191 e. The van der Waals surface area contributed by atoms with Crippen molar-refractivity contribution >= 4 is 17.3 Å². The van der Waals surface area contributed by atoms with Crippen LogP contribution >= 0.6 is 11.3 Å². The molecule has 0 atom stereocenters. The van der Waals surface area contributed by atoms with Crippen LogP contribution in [0.3, 0.4) is 0 Å². The van der Waals surface area contributed by atoms with E-state index in [9.17, 15) is 0 Å². The first-order chi connectivity index (χ1) is 12.2. The van der Waals surface area contributed by atoms with Crippen molar-refractivity contribution in [2.45, 2.75) is 26.9 Å². The molecule has 0 spiro atoms. The van der Waals surface area contributed by atoms with Gasteiger partial charge >= 0.3 is 0 Å². The van der Waals surface area contributed by atoms with Gasteiger partial charge in [-0.05, 0) is 49.7 Å². The van der Waals surface area contributed by atoms with Crippen LogP contribution in [0.15, 0.2) is 59.9 Å². The van der Waals surface area contributed by atoms with Gasteiger partial charge in [-0.25, -0.2) is 9.67 Å². The fourth-order valence-corrected chi connectivity index (χ4v) is 3.27. The molecule has 6 heteroatoms. The minimum absolute atomic E-state index is 0.637. The molecule has 0 bridgehead atoms. The van der Waals surface area contributed by atoms with Crippen molar-refractivity contribution in [2.24, 2.45) is 4.99 Å². The summed E-state index contributed by atoms with van der Waals surface area (Å²) in [5, 5.41) is 10.9. The van der Waals surface area contributed by atoms with Gasteiger partial charge in [0.2, 0.25) is 0 Å². The van der Waals surface area contributed by atoms with Crippen LogP contribution in [0, 0.1) is 6.92 Å². The lowest BCUT2D eigenvalue weighted by atomic mass is 10.2. The molecule has 3 rings (SSSR count). The summed E-state index contributed by atoms with van der Waals surface area (Å²) in [6.07, 6.45) is 3.72. The minimum atomic E-state index is 0.637. The third kappa shape index (κ3) is 4.93. The number of nitrogens with one attached hydrogen (secondary N) is 2. The molecule has 0 saturated heterocycles. The second-order valence-electron chi connectivity index (χ2n) is 5.68. The van der Waals surface area contributed by atoms with Crippen LogP contribution in [0.1, 0.15) is 22.2 Å². The molecule has 3 aromatic rings. The van der Waals surface area contributed by atoms with Crippen molar-refractivity contribution < 1.29 is 0 Å². The molecular weight excluding hydrogens is 330 g/mol. The second kappa shape index (κ2) is 8.48. The Hall–Kier alpha value is -2.60. The Morgan fingerprint density at radius 3 is 2.64 bits per heavy atom. The lowest BCUT2D eigenvalue weighted by molar-refractivity contribution is 0.823. The summed E-state index contributed by atoms with van der Waals surface area (Å²) in [7, 11) is 0. The summed E-state index contributed by atoms with van der Waals surface area (Å²) in [5.74, 6) is 0.838. The standard InChI is InChI=1S/C19H23N5S/c1-3-20-19(22-14-18-10-5-15(2)25-18)21-13-16-6-8-17(9-7-16)24-12-4-11-23-24/h4-12H,3,13-14H2,1-2H3,(H2,20,21,22). The van der Waals surface area contributed by atoms with Gasteiger partial charge in [-0.3, -0.25) is 0 Å². The van der Waals surface area contributed by atoms with Crippen LogP contribution in [0.2, 0.25) is 0 Å². The highest BCUT2D eigenvalue weighted by Crippen LogP contribution is 2.14. The van der Waals surface area contributed by atoms with Crippen molar-refractivity contribution in [1.29, 1.82) is 0 Å². The van der Waals surface area contributed by atoms with Crippen molar-refractivity contribution in [2.75, 3.05) is 6.54 Å². The molecule has 2 aromatic heterocycles. The van der Waals surface area contributed by atoms with Gasteiger partial charge in [-0.15, -0.1) is 11.3 Å². The van der Waals surface area contributed by atoms with Crippen LogP contribution in [0.25, 0.3) is 5.69 Å². The first-order valence-electron chi connectivity index (χ1n) is 8.41. The lowest BCUT2D eigenvalue weighted by Crippen LogP contribution is -2.36. The summed E-state index contributed by atoms with van der Waals surface area (Å²) in [6, 6.07) is 14.5. The zero-order chi connectivity index (χ0) is 17.5. The molecule has 0 fully saturated rings. The molecule has 130 valence electrons. The Labute approximate surface area is 152 Å². The summed E-state index contributed by atoms with van der Waals surface area (Å²) in [5.41, 5.74) is 2.22. The average molecular weight is 353 g/mol. The molecule has 2 heterocycles. The van der Waals surface area contributed by atoms with Gasteiger partial charge < -0.3 is 10.6 Å². The van der Waals surface area contributed by atoms with E-state index in [-0.39, 0.29) is 0 Å². The van der Waals surface area contributed by atoms with E-state index in [0.717, 1.165) is 24.7 Å². The van der Waals surface area contributed by atoms with E-state index in [0.29, 0.717) is 6.54 Å². The number of aromatic nitrogens is 2. The Kier molecular flexibility index (Phi) is 5.85. The molecule has 5 nitrogen and oxygen atoms in total. The lowest BCUT2D eigenvalue weighted by Gasteiger charge is -2.10. The highest BCUT2D eigenvalue weighted by Gasteiger charge is 2.01. The molecule has 0 aliphatic carbocycles. The average Bonchev–Trinajstić information content (AvgIpc) is 3.30. The van der Waals surface area contributed by atoms with Gasteiger partial charge in [-0.1, -0.05) is 12.1 Å². The van der Waals surface area contributed by atoms with E-state index in [1.807, 2.05) is 28.3 Å². The van der Waals surface area contributed by atoms with Crippen LogP contribution in [0.4, 0.5) is 0 Å². The van der Waals surface area contributed by atoms with Crippen LogP contribution < -0.4 is 10.6 Å². The molecule has 1 aromatic carbocycles. The minimum Gasteiger partial charge on any atom is -0.357 e. The molecule has 25 heavy (non-hydrogen) atoms. The number of benzene rings is 1. The Balaban J connectivity index is 1.60. The summed E-state index contributed by atoms with van der Waals surface area (Å²) in [6.45, 7) is 6.47. The number of aryl methyl sites for hydroxylation is 1. The van der Waals surface area contributed by atoms with E-state index in [4.69, 9.17) is 0 Å². The molecule has 0 saturated carbocycles. The third-order valence-corrected chi connectivity index (χ3v) is 4.70. The van der Waals surface area contributed by atoms with E-state index in [1.165, 1.54) is 15.3 Å². The summed E-state index contributed by atoms with van der Waals surface area (Å²) >= 11 is 1.81. The number of hydrogen-bond donors (Lipinski definition) is 2. The molecular formula is C19H23N5S. The van der Waals surface area contributed by atoms with Gasteiger partial charge in [0.15, 0.2) is 5.96 Å². The summed E-state index contributed by atoms with van der Waals surface area (Å²) in [4.78, 5) is 7.32. The monoisotopic (exact) mass is 353 g/mol. The number of rotatable bonds is 6. The molecule has 0 aliphatic heterocycles.